The Morgan fingerprint density at radius 2 is 2.13 bits per heavy atom. The van der Waals surface area contributed by atoms with E-state index in [2.05, 4.69) is 12.2 Å². The summed E-state index contributed by atoms with van der Waals surface area (Å²) in [6.45, 7) is 3.21. The highest BCUT2D eigenvalue weighted by atomic mass is 19.1. The van der Waals surface area contributed by atoms with Gasteiger partial charge in [0.15, 0.2) is 18.1 Å². The van der Waals surface area contributed by atoms with Crippen LogP contribution in [0.1, 0.15) is 38.2 Å². The highest BCUT2D eigenvalue weighted by molar-refractivity contribution is 5.77. The van der Waals surface area contributed by atoms with Crippen LogP contribution in [-0.2, 0) is 11.3 Å². The Labute approximate surface area is 138 Å². The van der Waals surface area contributed by atoms with Crippen molar-refractivity contribution in [2.75, 3.05) is 20.7 Å². The molecule has 23 heavy (non-hydrogen) atoms. The number of benzene rings is 1. The predicted octanol–water partition coefficient (Wildman–Crippen LogP) is 1.54. The van der Waals surface area contributed by atoms with E-state index < -0.39 is 0 Å². The van der Waals surface area contributed by atoms with E-state index in [0.29, 0.717) is 25.0 Å². The fraction of sp³-hybridized carbons (Fsp3) is 0.611. The zero-order chi connectivity index (χ0) is 16.8. The topological polar surface area (TPSA) is 42.8 Å². The first-order valence-electron chi connectivity index (χ1n) is 8.42. The van der Waals surface area contributed by atoms with Crippen molar-refractivity contribution in [3.05, 3.63) is 29.6 Å². The van der Waals surface area contributed by atoms with Crippen LogP contribution in [0.2, 0.25) is 0 Å². The van der Waals surface area contributed by atoms with Gasteiger partial charge in [-0.05, 0) is 37.0 Å². The lowest BCUT2D eigenvalue weighted by molar-refractivity contribution is -0.885. The van der Waals surface area contributed by atoms with Crippen LogP contribution in [-0.4, -0.2) is 32.7 Å². The molecule has 1 aliphatic carbocycles. The van der Waals surface area contributed by atoms with Gasteiger partial charge in [-0.1, -0.05) is 19.8 Å². The maximum absolute atomic E-state index is 13.7. The van der Waals surface area contributed by atoms with Crippen molar-refractivity contribution in [2.45, 2.75) is 45.2 Å². The molecule has 0 aromatic heterocycles. The third-order valence-corrected chi connectivity index (χ3v) is 4.64. The van der Waals surface area contributed by atoms with Crippen molar-refractivity contribution in [2.24, 2.45) is 5.92 Å². The van der Waals surface area contributed by atoms with Crippen LogP contribution < -0.4 is 15.0 Å². The number of carbonyl (C=O) groups is 1. The molecule has 0 aliphatic heterocycles. The van der Waals surface area contributed by atoms with E-state index >= 15 is 0 Å². The predicted molar refractivity (Wildman–Crippen MR) is 88.0 cm³/mol. The largest absolute Gasteiger partial charge is 0.494 e. The Bertz CT molecular complexity index is 536. The van der Waals surface area contributed by atoms with E-state index in [4.69, 9.17) is 4.74 Å². The molecular weight excluding hydrogens is 295 g/mol. The zero-order valence-electron chi connectivity index (χ0n) is 14.3. The van der Waals surface area contributed by atoms with Crippen molar-refractivity contribution in [3.8, 4) is 5.75 Å². The number of likely N-dealkylation sites (N-methyl/N-ethyl adjacent to an activating group) is 1. The summed E-state index contributed by atoms with van der Waals surface area (Å²) in [6, 6.07) is 5.25. The van der Waals surface area contributed by atoms with E-state index in [1.54, 1.807) is 6.07 Å². The number of amides is 1. The molecule has 2 N–H and O–H groups in total. The van der Waals surface area contributed by atoms with Crippen LogP contribution >= 0.6 is 0 Å². The molecule has 1 fully saturated rings. The fourth-order valence-electron chi connectivity index (χ4n) is 3.29. The van der Waals surface area contributed by atoms with Gasteiger partial charge in [-0.2, -0.15) is 0 Å². The average molecular weight is 323 g/mol. The average Bonchev–Trinajstić information content (AvgIpc) is 2.49. The van der Waals surface area contributed by atoms with Crippen molar-refractivity contribution in [1.29, 1.82) is 0 Å². The number of ether oxygens (including phenoxy) is 1. The summed E-state index contributed by atoms with van der Waals surface area (Å²) < 4.78 is 18.6. The minimum absolute atomic E-state index is 0.0789. The van der Waals surface area contributed by atoms with Gasteiger partial charge in [-0.25, -0.2) is 4.39 Å². The molecule has 1 aromatic rings. The van der Waals surface area contributed by atoms with Crippen molar-refractivity contribution in [1.82, 2.24) is 5.32 Å². The van der Waals surface area contributed by atoms with Crippen LogP contribution in [0.3, 0.4) is 0 Å². The lowest BCUT2D eigenvalue weighted by atomic mass is 9.86. The molecule has 1 saturated carbocycles. The fourth-order valence-corrected chi connectivity index (χ4v) is 3.29. The molecule has 0 heterocycles. The first kappa shape index (κ1) is 17.7. The molecule has 4 nitrogen and oxygen atoms in total. The highest BCUT2D eigenvalue weighted by Crippen LogP contribution is 2.23. The van der Waals surface area contributed by atoms with Gasteiger partial charge in [-0.15, -0.1) is 0 Å². The number of methoxy groups -OCH3 is 1. The second kappa shape index (κ2) is 8.29. The summed E-state index contributed by atoms with van der Waals surface area (Å²) in [4.78, 5) is 13.2. The lowest BCUT2D eigenvalue weighted by Crippen LogP contribution is -3.09. The first-order chi connectivity index (χ1) is 11.0. The highest BCUT2D eigenvalue weighted by Gasteiger charge is 2.23. The van der Waals surface area contributed by atoms with Gasteiger partial charge in [0.05, 0.1) is 14.2 Å². The molecule has 2 rings (SSSR count). The Morgan fingerprint density at radius 3 is 2.78 bits per heavy atom. The Balaban J connectivity index is 1.82. The smallest absolute Gasteiger partial charge is 0.275 e. The van der Waals surface area contributed by atoms with E-state index in [-0.39, 0.29) is 17.5 Å². The molecule has 1 aliphatic rings. The van der Waals surface area contributed by atoms with Gasteiger partial charge in [0, 0.05) is 11.6 Å². The Kier molecular flexibility index (Phi) is 6.39. The number of rotatable bonds is 6. The van der Waals surface area contributed by atoms with Gasteiger partial charge < -0.3 is 15.0 Å². The maximum Gasteiger partial charge on any atom is 0.275 e. The number of hydrogen-bond donors (Lipinski definition) is 2. The van der Waals surface area contributed by atoms with Gasteiger partial charge in [0.2, 0.25) is 0 Å². The summed E-state index contributed by atoms with van der Waals surface area (Å²) in [5.41, 5.74) is 0.861. The Morgan fingerprint density at radius 1 is 1.39 bits per heavy atom. The molecule has 128 valence electrons. The molecule has 0 bridgehead atoms. The van der Waals surface area contributed by atoms with Crippen LogP contribution in [0, 0.1) is 11.7 Å². The van der Waals surface area contributed by atoms with Crippen molar-refractivity contribution >= 4 is 5.91 Å². The summed E-state index contributed by atoms with van der Waals surface area (Å²) in [5.74, 6) is 0.521. The van der Waals surface area contributed by atoms with Crippen molar-refractivity contribution in [3.63, 3.8) is 0 Å². The van der Waals surface area contributed by atoms with Crippen LogP contribution in [0.4, 0.5) is 4.39 Å². The molecule has 3 atom stereocenters. The van der Waals surface area contributed by atoms with Gasteiger partial charge in [0.1, 0.15) is 6.54 Å². The summed E-state index contributed by atoms with van der Waals surface area (Å²) in [7, 11) is 3.40. The third kappa shape index (κ3) is 5.20. The standard InChI is InChI=1S/C18H27FN2O2/c1-13-6-4-5-7-16(13)20-18(22)12-21(2)11-14-8-9-17(23-3)15(19)10-14/h8-10,13,16H,4-7,11-12H2,1-3H3,(H,20,22)/p+1/t13-,16+/m1/s1. The number of nitrogens with one attached hydrogen (secondary N) is 2. The molecule has 0 spiro atoms. The molecule has 0 radical (unpaired) electrons. The van der Waals surface area contributed by atoms with Gasteiger partial charge in [-0.3, -0.25) is 4.79 Å². The van der Waals surface area contributed by atoms with E-state index in [9.17, 15) is 9.18 Å². The van der Waals surface area contributed by atoms with Gasteiger partial charge in [0.25, 0.3) is 5.91 Å². The minimum atomic E-state index is -0.363. The number of hydrogen-bond acceptors (Lipinski definition) is 2. The zero-order valence-corrected chi connectivity index (χ0v) is 14.3. The number of carbonyl (C=O) groups excluding carboxylic acids is 1. The number of halogens is 1. The lowest BCUT2D eigenvalue weighted by Gasteiger charge is -2.29. The summed E-state index contributed by atoms with van der Waals surface area (Å²) in [6.07, 6.45) is 4.74. The second-order valence-corrected chi connectivity index (χ2v) is 6.72. The second-order valence-electron chi connectivity index (χ2n) is 6.72. The first-order valence-corrected chi connectivity index (χ1v) is 8.42. The van der Waals surface area contributed by atoms with E-state index in [1.165, 1.54) is 32.4 Å². The molecule has 0 saturated heterocycles. The normalized spacial score (nSPS) is 22.4. The Hall–Kier alpha value is -1.62. The quantitative estimate of drug-likeness (QED) is 0.834. The molecular formula is C18H28FN2O2+. The number of quaternary nitrogens is 1. The van der Waals surface area contributed by atoms with E-state index in [0.717, 1.165) is 16.9 Å². The summed E-state index contributed by atoms with van der Waals surface area (Å²) in [5, 5.41) is 3.16. The maximum atomic E-state index is 13.7. The molecule has 1 amide bonds. The summed E-state index contributed by atoms with van der Waals surface area (Å²) >= 11 is 0. The molecule has 5 heteroatoms. The van der Waals surface area contributed by atoms with E-state index in [1.807, 2.05) is 13.1 Å². The van der Waals surface area contributed by atoms with Crippen molar-refractivity contribution < 1.29 is 18.8 Å². The molecule has 1 aromatic carbocycles. The minimum Gasteiger partial charge on any atom is -0.494 e. The monoisotopic (exact) mass is 323 g/mol. The van der Waals surface area contributed by atoms with Crippen LogP contribution in [0.15, 0.2) is 18.2 Å². The van der Waals surface area contributed by atoms with Crippen LogP contribution in [0.25, 0.3) is 0 Å². The van der Waals surface area contributed by atoms with Gasteiger partial charge >= 0.3 is 0 Å². The SMILES string of the molecule is COc1ccc(C[NH+](C)CC(=O)N[C@H]2CCCC[C@H]2C)cc1F. The van der Waals surface area contributed by atoms with Crippen LogP contribution in [0.5, 0.6) is 5.75 Å². The molecule has 1 unspecified atom stereocenters. The third-order valence-electron chi connectivity index (χ3n) is 4.64.